The number of halogens is 1. The number of likely N-dealkylation sites (tertiary alicyclic amines) is 1. The molecule has 1 heterocycles. The molecule has 1 saturated heterocycles. The predicted octanol–water partition coefficient (Wildman–Crippen LogP) is 2.54. The first-order chi connectivity index (χ1) is 8.69. The van der Waals surface area contributed by atoms with Crippen LogP contribution in [0.1, 0.15) is 12.8 Å². The van der Waals surface area contributed by atoms with Gasteiger partial charge in [0.25, 0.3) is 0 Å². The number of carbonyl (C=O) groups excluding carboxylic acids is 1. The van der Waals surface area contributed by atoms with Gasteiger partial charge >= 0.3 is 6.03 Å². The van der Waals surface area contributed by atoms with Gasteiger partial charge in [0, 0.05) is 23.8 Å². The quantitative estimate of drug-likeness (QED) is 0.865. The number of amides is 2. The summed E-state index contributed by atoms with van der Waals surface area (Å²) in [7, 11) is 0. The van der Waals surface area contributed by atoms with E-state index in [0.717, 1.165) is 31.6 Å². The Bertz CT molecular complexity index is 424. The van der Waals surface area contributed by atoms with Crippen molar-refractivity contribution >= 4 is 23.3 Å². The fourth-order valence-corrected chi connectivity index (χ4v) is 2.40. The van der Waals surface area contributed by atoms with Crippen LogP contribution in [0.5, 0.6) is 0 Å². The van der Waals surface area contributed by atoms with Crippen molar-refractivity contribution in [2.45, 2.75) is 12.8 Å². The first kappa shape index (κ1) is 13.2. The van der Waals surface area contributed by atoms with Gasteiger partial charge in [0.15, 0.2) is 0 Å². The van der Waals surface area contributed by atoms with Gasteiger partial charge in [-0.05, 0) is 43.5 Å². The van der Waals surface area contributed by atoms with E-state index in [4.69, 9.17) is 17.3 Å². The second-order valence-electron chi connectivity index (χ2n) is 4.63. The van der Waals surface area contributed by atoms with Gasteiger partial charge in [0.2, 0.25) is 0 Å². The van der Waals surface area contributed by atoms with Gasteiger partial charge in [-0.1, -0.05) is 17.7 Å². The highest BCUT2D eigenvalue weighted by Gasteiger charge is 2.22. The van der Waals surface area contributed by atoms with Crippen LogP contribution in [0, 0.1) is 5.92 Å². The van der Waals surface area contributed by atoms with Crippen molar-refractivity contribution in [1.29, 1.82) is 0 Å². The van der Waals surface area contributed by atoms with Crippen LogP contribution in [-0.4, -0.2) is 30.6 Å². The lowest BCUT2D eigenvalue weighted by molar-refractivity contribution is 0.179. The molecule has 2 rings (SSSR count). The standard InChI is InChI=1S/C13H18ClN3O/c14-11-4-1-5-12(7-11)16-13(18)17-6-2-3-10(8-15)9-17/h1,4-5,7,10H,2-3,6,8-9,15H2,(H,16,18). The molecule has 1 unspecified atom stereocenters. The fraction of sp³-hybridized carbons (Fsp3) is 0.462. The summed E-state index contributed by atoms with van der Waals surface area (Å²) in [6, 6.07) is 7.09. The van der Waals surface area contributed by atoms with Crippen molar-refractivity contribution in [2.24, 2.45) is 11.7 Å². The van der Waals surface area contributed by atoms with Gasteiger partial charge in [-0.25, -0.2) is 4.79 Å². The zero-order chi connectivity index (χ0) is 13.0. The summed E-state index contributed by atoms with van der Waals surface area (Å²) in [5.74, 6) is 0.420. The first-order valence-electron chi connectivity index (χ1n) is 6.20. The van der Waals surface area contributed by atoms with Crippen LogP contribution in [0.4, 0.5) is 10.5 Å². The molecule has 1 fully saturated rings. The van der Waals surface area contributed by atoms with Crippen molar-refractivity contribution in [3.8, 4) is 0 Å². The topological polar surface area (TPSA) is 58.4 Å². The van der Waals surface area contributed by atoms with Crippen molar-refractivity contribution in [2.75, 3.05) is 25.0 Å². The lowest BCUT2D eigenvalue weighted by Crippen LogP contribution is -2.44. The molecule has 0 aromatic heterocycles. The van der Waals surface area contributed by atoms with Gasteiger partial charge in [0.1, 0.15) is 0 Å². The Morgan fingerprint density at radius 1 is 1.56 bits per heavy atom. The van der Waals surface area contributed by atoms with E-state index in [9.17, 15) is 4.79 Å². The summed E-state index contributed by atoms with van der Waals surface area (Å²) < 4.78 is 0. The molecular weight excluding hydrogens is 250 g/mol. The Morgan fingerprint density at radius 3 is 3.11 bits per heavy atom. The van der Waals surface area contributed by atoms with Crippen LogP contribution in [0.15, 0.2) is 24.3 Å². The smallest absolute Gasteiger partial charge is 0.321 e. The monoisotopic (exact) mass is 267 g/mol. The van der Waals surface area contributed by atoms with Crippen molar-refractivity contribution in [3.63, 3.8) is 0 Å². The van der Waals surface area contributed by atoms with Crippen molar-refractivity contribution < 1.29 is 4.79 Å². The number of benzene rings is 1. The Hall–Kier alpha value is -1.26. The third-order valence-corrected chi connectivity index (χ3v) is 3.45. The molecule has 0 saturated carbocycles. The van der Waals surface area contributed by atoms with Crippen LogP contribution < -0.4 is 11.1 Å². The summed E-state index contributed by atoms with van der Waals surface area (Å²) in [5, 5.41) is 3.48. The average Bonchev–Trinajstić information content (AvgIpc) is 2.39. The molecule has 0 aliphatic carbocycles. The molecule has 3 N–H and O–H groups in total. The van der Waals surface area contributed by atoms with Gasteiger partial charge in [-0.15, -0.1) is 0 Å². The number of piperidine rings is 1. The lowest BCUT2D eigenvalue weighted by Gasteiger charge is -2.32. The van der Waals surface area contributed by atoms with Crippen LogP contribution in [-0.2, 0) is 0 Å². The highest BCUT2D eigenvalue weighted by molar-refractivity contribution is 6.30. The first-order valence-corrected chi connectivity index (χ1v) is 6.58. The number of nitrogens with zero attached hydrogens (tertiary/aromatic N) is 1. The van der Waals surface area contributed by atoms with E-state index in [1.54, 1.807) is 12.1 Å². The Labute approximate surface area is 112 Å². The van der Waals surface area contributed by atoms with Crippen LogP contribution >= 0.6 is 11.6 Å². The molecular formula is C13H18ClN3O. The minimum Gasteiger partial charge on any atom is -0.330 e. The molecule has 1 aliphatic heterocycles. The molecule has 1 aromatic carbocycles. The Balaban J connectivity index is 1.95. The molecule has 4 nitrogen and oxygen atoms in total. The molecule has 2 amide bonds. The lowest BCUT2D eigenvalue weighted by atomic mass is 9.99. The molecule has 1 aromatic rings. The van der Waals surface area contributed by atoms with E-state index >= 15 is 0 Å². The number of nitrogens with one attached hydrogen (secondary N) is 1. The number of hydrogen-bond donors (Lipinski definition) is 2. The number of urea groups is 1. The average molecular weight is 268 g/mol. The molecule has 18 heavy (non-hydrogen) atoms. The highest BCUT2D eigenvalue weighted by atomic mass is 35.5. The van der Waals surface area contributed by atoms with E-state index in [2.05, 4.69) is 5.32 Å². The number of nitrogens with two attached hydrogens (primary N) is 1. The summed E-state index contributed by atoms with van der Waals surface area (Å²) in [6.07, 6.45) is 2.13. The molecule has 0 bridgehead atoms. The Kier molecular flexibility index (Phi) is 4.44. The Morgan fingerprint density at radius 2 is 2.39 bits per heavy atom. The number of hydrogen-bond acceptors (Lipinski definition) is 2. The van der Waals surface area contributed by atoms with Gasteiger partial charge in [0.05, 0.1) is 0 Å². The summed E-state index contributed by atoms with van der Waals surface area (Å²) >= 11 is 5.88. The normalized spacial score (nSPS) is 19.7. The summed E-state index contributed by atoms with van der Waals surface area (Å²) in [5.41, 5.74) is 6.39. The van der Waals surface area contributed by atoms with Crippen LogP contribution in [0.25, 0.3) is 0 Å². The SMILES string of the molecule is NCC1CCCN(C(=O)Nc2cccc(Cl)c2)C1. The predicted molar refractivity (Wildman–Crippen MR) is 73.8 cm³/mol. The van der Waals surface area contributed by atoms with Gasteiger partial charge < -0.3 is 16.0 Å². The van der Waals surface area contributed by atoms with Gasteiger partial charge in [-0.3, -0.25) is 0 Å². The van der Waals surface area contributed by atoms with Crippen molar-refractivity contribution in [1.82, 2.24) is 4.90 Å². The second kappa shape index (κ2) is 6.07. The summed E-state index contributed by atoms with van der Waals surface area (Å²) in [4.78, 5) is 13.9. The van der Waals surface area contributed by atoms with E-state index in [1.165, 1.54) is 0 Å². The number of carbonyl (C=O) groups is 1. The van der Waals surface area contributed by atoms with E-state index < -0.39 is 0 Å². The maximum absolute atomic E-state index is 12.1. The maximum Gasteiger partial charge on any atom is 0.321 e. The minimum atomic E-state index is -0.0737. The molecule has 0 radical (unpaired) electrons. The van der Waals surface area contributed by atoms with E-state index in [1.807, 2.05) is 17.0 Å². The van der Waals surface area contributed by atoms with Crippen LogP contribution in [0.2, 0.25) is 5.02 Å². The zero-order valence-electron chi connectivity index (χ0n) is 10.2. The number of anilines is 1. The zero-order valence-corrected chi connectivity index (χ0v) is 11.0. The highest BCUT2D eigenvalue weighted by Crippen LogP contribution is 2.18. The number of rotatable bonds is 2. The molecule has 0 spiro atoms. The molecule has 1 aliphatic rings. The van der Waals surface area contributed by atoms with Crippen molar-refractivity contribution in [3.05, 3.63) is 29.3 Å². The molecule has 98 valence electrons. The summed E-state index contributed by atoms with van der Waals surface area (Å²) in [6.45, 7) is 2.17. The minimum absolute atomic E-state index is 0.0737. The maximum atomic E-state index is 12.1. The van der Waals surface area contributed by atoms with E-state index in [0.29, 0.717) is 17.5 Å². The molecule has 1 atom stereocenters. The van der Waals surface area contributed by atoms with Crippen LogP contribution in [0.3, 0.4) is 0 Å². The third kappa shape index (κ3) is 3.37. The van der Waals surface area contributed by atoms with E-state index in [-0.39, 0.29) is 6.03 Å². The largest absolute Gasteiger partial charge is 0.330 e. The second-order valence-corrected chi connectivity index (χ2v) is 5.07. The van der Waals surface area contributed by atoms with Gasteiger partial charge in [-0.2, -0.15) is 0 Å². The third-order valence-electron chi connectivity index (χ3n) is 3.22. The fourth-order valence-electron chi connectivity index (χ4n) is 2.21. The molecule has 5 heteroatoms.